The molecule has 0 saturated carbocycles. The Bertz CT molecular complexity index is 1040. The van der Waals surface area contributed by atoms with Crippen molar-refractivity contribution in [2.24, 2.45) is 0 Å². The molecular weight excluding hydrogens is 428 g/mol. The Kier molecular flexibility index (Phi) is 7.50. The van der Waals surface area contributed by atoms with Crippen LogP contribution in [0, 0.1) is 6.92 Å². The third-order valence-electron chi connectivity index (χ3n) is 6.72. The maximum Gasteiger partial charge on any atom is 0.251 e. The summed E-state index contributed by atoms with van der Waals surface area (Å²) in [6.45, 7) is 7.84. The average Bonchev–Trinajstić information content (AvgIpc) is 3.34. The molecule has 2 aromatic carbocycles. The molecule has 2 aliphatic heterocycles. The van der Waals surface area contributed by atoms with Gasteiger partial charge >= 0.3 is 0 Å². The lowest BCUT2D eigenvalue weighted by molar-refractivity contribution is -0.154. The first-order valence-electron chi connectivity index (χ1n) is 12.2. The van der Waals surface area contributed by atoms with Gasteiger partial charge in [-0.25, -0.2) is 0 Å². The molecule has 2 heterocycles. The van der Waals surface area contributed by atoms with E-state index in [4.69, 9.17) is 0 Å². The number of benzene rings is 2. The van der Waals surface area contributed by atoms with Gasteiger partial charge in [-0.1, -0.05) is 24.3 Å². The van der Waals surface area contributed by atoms with Crippen LogP contribution in [0.4, 0.5) is 5.69 Å². The molecule has 2 fully saturated rings. The van der Waals surface area contributed by atoms with Gasteiger partial charge in [-0.05, 0) is 68.5 Å². The van der Waals surface area contributed by atoms with Gasteiger partial charge in [0, 0.05) is 44.0 Å². The zero-order valence-electron chi connectivity index (χ0n) is 20.1. The first kappa shape index (κ1) is 23.8. The molecule has 0 spiro atoms. The fourth-order valence-electron chi connectivity index (χ4n) is 4.85. The molecule has 2 aromatic rings. The van der Waals surface area contributed by atoms with Crippen LogP contribution in [0.2, 0.25) is 0 Å². The number of hydrogen-bond acceptors (Lipinski definition) is 4. The Morgan fingerprint density at radius 3 is 2.68 bits per heavy atom. The van der Waals surface area contributed by atoms with Gasteiger partial charge in [-0.2, -0.15) is 0 Å². The molecule has 0 aromatic heterocycles. The highest BCUT2D eigenvalue weighted by atomic mass is 16.2. The lowest BCUT2D eigenvalue weighted by Gasteiger charge is -2.36. The number of aryl methyl sites for hydroxylation is 1. The van der Waals surface area contributed by atoms with E-state index in [0.717, 1.165) is 37.9 Å². The summed E-state index contributed by atoms with van der Waals surface area (Å²) in [5, 5.41) is 3.00. The molecule has 2 aliphatic rings. The number of hydrogen-bond donors (Lipinski definition) is 1. The standard InChI is InChI=1S/C27H34N4O3/c1-3-29(23-8-4-7-20(2)17-23)15-6-14-28-26(33)22-12-10-21(11-13-22)18-30-19-25(32)31-16-5-9-24(31)27(30)34/h4,7-8,10-13,17,24H,3,5-6,9,14-16,18-19H2,1-2H3,(H,28,33). The highest BCUT2D eigenvalue weighted by Crippen LogP contribution is 2.24. The number of piperazine rings is 1. The van der Waals surface area contributed by atoms with Gasteiger partial charge in [-0.3, -0.25) is 14.4 Å². The minimum atomic E-state index is -0.291. The molecule has 3 amide bonds. The number of rotatable bonds is 9. The molecular formula is C27H34N4O3. The maximum absolute atomic E-state index is 12.7. The van der Waals surface area contributed by atoms with E-state index >= 15 is 0 Å². The smallest absolute Gasteiger partial charge is 0.251 e. The summed E-state index contributed by atoms with van der Waals surface area (Å²) in [4.78, 5) is 43.3. The van der Waals surface area contributed by atoms with Crippen LogP contribution >= 0.6 is 0 Å². The Morgan fingerprint density at radius 1 is 1.15 bits per heavy atom. The SMILES string of the molecule is CCN(CCCNC(=O)c1ccc(CN2CC(=O)N3CCCC3C2=O)cc1)c1cccc(C)c1. The molecule has 1 atom stereocenters. The van der Waals surface area contributed by atoms with E-state index in [1.54, 1.807) is 21.9 Å². The van der Waals surface area contributed by atoms with Gasteiger partial charge in [0.2, 0.25) is 11.8 Å². The Labute approximate surface area is 201 Å². The van der Waals surface area contributed by atoms with Crippen molar-refractivity contribution >= 4 is 23.4 Å². The van der Waals surface area contributed by atoms with Crippen LogP contribution in [-0.4, -0.2) is 66.3 Å². The van der Waals surface area contributed by atoms with Crippen LogP contribution < -0.4 is 10.2 Å². The fraction of sp³-hybridized carbons (Fsp3) is 0.444. The summed E-state index contributed by atoms with van der Waals surface area (Å²) in [5.74, 6) is -0.0381. The van der Waals surface area contributed by atoms with Crippen molar-refractivity contribution in [1.82, 2.24) is 15.1 Å². The van der Waals surface area contributed by atoms with Crippen LogP contribution in [0.25, 0.3) is 0 Å². The third-order valence-corrected chi connectivity index (χ3v) is 6.72. The molecule has 0 aliphatic carbocycles. The monoisotopic (exact) mass is 462 g/mol. The summed E-state index contributed by atoms with van der Waals surface area (Å²) in [7, 11) is 0. The minimum Gasteiger partial charge on any atom is -0.372 e. The molecule has 0 bridgehead atoms. The quantitative estimate of drug-likeness (QED) is 0.582. The van der Waals surface area contributed by atoms with E-state index in [1.807, 2.05) is 12.1 Å². The molecule has 7 heteroatoms. The number of nitrogens with zero attached hydrogens (tertiary/aromatic N) is 3. The number of amides is 3. The van der Waals surface area contributed by atoms with Crippen LogP contribution in [-0.2, 0) is 16.1 Å². The molecule has 34 heavy (non-hydrogen) atoms. The van der Waals surface area contributed by atoms with Gasteiger partial charge in [-0.15, -0.1) is 0 Å². The second-order valence-electron chi connectivity index (χ2n) is 9.16. The summed E-state index contributed by atoms with van der Waals surface area (Å²) >= 11 is 0. The van der Waals surface area contributed by atoms with E-state index in [9.17, 15) is 14.4 Å². The molecule has 1 N–H and O–H groups in total. The number of nitrogens with one attached hydrogen (secondary N) is 1. The fourth-order valence-corrected chi connectivity index (χ4v) is 4.85. The van der Waals surface area contributed by atoms with E-state index in [-0.39, 0.29) is 30.3 Å². The second-order valence-corrected chi connectivity index (χ2v) is 9.16. The normalized spacial score (nSPS) is 17.6. The van der Waals surface area contributed by atoms with Gasteiger partial charge in [0.15, 0.2) is 0 Å². The zero-order valence-corrected chi connectivity index (χ0v) is 20.1. The molecule has 2 saturated heterocycles. The zero-order chi connectivity index (χ0) is 24.1. The minimum absolute atomic E-state index is 0.0298. The second kappa shape index (κ2) is 10.7. The van der Waals surface area contributed by atoms with Crippen molar-refractivity contribution in [3.8, 4) is 0 Å². The van der Waals surface area contributed by atoms with Crippen molar-refractivity contribution in [2.45, 2.75) is 45.7 Å². The van der Waals surface area contributed by atoms with Gasteiger partial charge in [0.25, 0.3) is 5.91 Å². The van der Waals surface area contributed by atoms with Gasteiger partial charge in [0.1, 0.15) is 12.6 Å². The highest BCUT2D eigenvalue weighted by molar-refractivity contribution is 5.95. The van der Waals surface area contributed by atoms with Crippen LogP contribution in [0.15, 0.2) is 48.5 Å². The summed E-state index contributed by atoms with van der Waals surface area (Å²) in [6, 6.07) is 15.5. The number of fused-ring (bicyclic) bond motifs is 1. The van der Waals surface area contributed by atoms with Crippen molar-refractivity contribution in [2.75, 3.05) is 37.6 Å². The summed E-state index contributed by atoms with van der Waals surface area (Å²) in [5.41, 5.74) is 3.96. The Morgan fingerprint density at radius 2 is 1.94 bits per heavy atom. The average molecular weight is 463 g/mol. The van der Waals surface area contributed by atoms with E-state index in [1.165, 1.54) is 11.3 Å². The number of anilines is 1. The summed E-state index contributed by atoms with van der Waals surface area (Å²) in [6.07, 6.45) is 2.50. The lowest BCUT2D eigenvalue weighted by atomic mass is 10.1. The van der Waals surface area contributed by atoms with Crippen molar-refractivity contribution in [3.63, 3.8) is 0 Å². The summed E-state index contributed by atoms with van der Waals surface area (Å²) < 4.78 is 0. The first-order chi connectivity index (χ1) is 16.5. The van der Waals surface area contributed by atoms with Crippen molar-refractivity contribution < 1.29 is 14.4 Å². The molecule has 180 valence electrons. The molecule has 7 nitrogen and oxygen atoms in total. The van der Waals surface area contributed by atoms with E-state index in [0.29, 0.717) is 25.2 Å². The topological polar surface area (TPSA) is 73.0 Å². The molecule has 1 unspecified atom stereocenters. The largest absolute Gasteiger partial charge is 0.372 e. The van der Waals surface area contributed by atoms with Crippen molar-refractivity contribution in [3.05, 3.63) is 65.2 Å². The highest BCUT2D eigenvalue weighted by Gasteiger charge is 2.41. The van der Waals surface area contributed by atoms with E-state index < -0.39 is 0 Å². The van der Waals surface area contributed by atoms with E-state index in [2.05, 4.69) is 48.3 Å². The number of carbonyl (C=O) groups is 3. The van der Waals surface area contributed by atoms with Gasteiger partial charge < -0.3 is 20.0 Å². The number of carbonyl (C=O) groups excluding carboxylic acids is 3. The Balaban J connectivity index is 1.24. The molecule has 0 radical (unpaired) electrons. The molecule has 4 rings (SSSR count). The third kappa shape index (κ3) is 5.41. The van der Waals surface area contributed by atoms with Crippen LogP contribution in [0.1, 0.15) is 47.7 Å². The predicted octanol–water partition coefficient (Wildman–Crippen LogP) is 2.97. The van der Waals surface area contributed by atoms with Gasteiger partial charge in [0.05, 0.1) is 0 Å². The maximum atomic E-state index is 12.7. The predicted molar refractivity (Wildman–Crippen MR) is 133 cm³/mol. The Hall–Kier alpha value is -3.35. The first-order valence-corrected chi connectivity index (χ1v) is 12.2. The van der Waals surface area contributed by atoms with Crippen LogP contribution in [0.3, 0.4) is 0 Å². The van der Waals surface area contributed by atoms with Crippen LogP contribution in [0.5, 0.6) is 0 Å². The lowest BCUT2D eigenvalue weighted by Crippen LogP contribution is -2.56. The van der Waals surface area contributed by atoms with Crippen molar-refractivity contribution in [1.29, 1.82) is 0 Å².